The van der Waals surface area contributed by atoms with Crippen molar-refractivity contribution in [1.29, 1.82) is 0 Å². The fourth-order valence-corrected chi connectivity index (χ4v) is 3.11. The van der Waals surface area contributed by atoms with Crippen LogP contribution in [0.25, 0.3) is 0 Å². The minimum atomic E-state index is 0.936. The van der Waals surface area contributed by atoms with Crippen LogP contribution in [0, 0.1) is 11.8 Å². The number of hydrogen-bond acceptors (Lipinski definition) is 1. The van der Waals surface area contributed by atoms with Crippen molar-refractivity contribution in [2.75, 3.05) is 13.1 Å². The number of rotatable bonds is 6. The molecule has 2 atom stereocenters. The molecule has 100 valence electrons. The van der Waals surface area contributed by atoms with Crippen molar-refractivity contribution in [3.63, 3.8) is 0 Å². The Morgan fingerprint density at radius 2 is 2.00 bits per heavy atom. The van der Waals surface area contributed by atoms with Crippen LogP contribution in [0.4, 0.5) is 0 Å². The van der Waals surface area contributed by atoms with Crippen LogP contribution in [-0.2, 0) is 6.42 Å². The summed E-state index contributed by atoms with van der Waals surface area (Å²) in [5.74, 6) is 1.89. The third-order valence-electron chi connectivity index (χ3n) is 4.14. The summed E-state index contributed by atoms with van der Waals surface area (Å²) in [4.78, 5) is 0. The van der Waals surface area contributed by atoms with Crippen LogP contribution in [0.1, 0.15) is 44.6 Å². The van der Waals surface area contributed by atoms with Crippen LogP contribution < -0.4 is 5.32 Å². The summed E-state index contributed by atoms with van der Waals surface area (Å²) in [6, 6.07) is 10.8. The van der Waals surface area contributed by atoms with Gasteiger partial charge in [-0.05, 0) is 56.2 Å². The van der Waals surface area contributed by atoms with Gasteiger partial charge in [0.25, 0.3) is 0 Å². The van der Waals surface area contributed by atoms with E-state index in [2.05, 4.69) is 42.6 Å². The zero-order valence-electron chi connectivity index (χ0n) is 11.7. The van der Waals surface area contributed by atoms with Crippen molar-refractivity contribution in [1.82, 2.24) is 5.32 Å². The molecule has 0 amide bonds. The molecular formula is C17H27N. The quantitative estimate of drug-likeness (QED) is 0.746. The Hall–Kier alpha value is -0.820. The predicted octanol–water partition coefficient (Wildman–Crippen LogP) is 4.04. The third kappa shape index (κ3) is 4.81. The molecule has 0 spiro atoms. The third-order valence-corrected chi connectivity index (χ3v) is 4.14. The highest BCUT2D eigenvalue weighted by Crippen LogP contribution is 2.27. The highest BCUT2D eigenvalue weighted by molar-refractivity contribution is 5.14. The van der Waals surface area contributed by atoms with E-state index in [1.807, 2.05) is 0 Å². The van der Waals surface area contributed by atoms with Crippen molar-refractivity contribution >= 4 is 0 Å². The minimum absolute atomic E-state index is 0.936. The molecule has 1 saturated carbocycles. The van der Waals surface area contributed by atoms with Gasteiger partial charge in [-0.1, -0.05) is 50.1 Å². The van der Waals surface area contributed by atoms with Gasteiger partial charge >= 0.3 is 0 Å². The molecule has 1 N–H and O–H groups in total. The van der Waals surface area contributed by atoms with E-state index in [0.717, 1.165) is 11.8 Å². The monoisotopic (exact) mass is 245 g/mol. The molecule has 0 aliphatic heterocycles. The number of hydrogen-bond donors (Lipinski definition) is 1. The van der Waals surface area contributed by atoms with E-state index in [9.17, 15) is 0 Å². The van der Waals surface area contributed by atoms with Crippen molar-refractivity contribution in [3.8, 4) is 0 Å². The molecule has 1 aromatic rings. The highest BCUT2D eigenvalue weighted by atomic mass is 14.9. The average Bonchev–Trinajstić information content (AvgIpc) is 2.40. The standard InChI is InChI=1S/C17H27N/c1-15-7-5-10-17(13-15)14-18-12-6-11-16-8-3-2-4-9-16/h2-4,8-9,15,17-18H,5-7,10-14H2,1H3. The lowest BCUT2D eigenvalue weighted by Crippen LogP contribution is -2.27. The van der Waals surface area contributed by atoms with E-state index in [-0.39, 0.29) is 0 Å². The van der Waals surface area contributed by atoms with Gasteiger partial charge in [-0.3, -0.25) is 0 Å². The number of aryl methyl sites for hydroxylation is 1. The second-order valence-electron chi connectivity index (χ2n) is 5.93. The van der Waals surface area contributed by atoms with Crippen LogP contribution in [0.3, 0.4) is 0 Å². The summed E-state index contributed by atoms with van der Waals surface area (Å²) in [7, 11) is 0. The molecule has 0 aromatic heterocycles. The molecule has 0 radical (unpaired) electrons. The fraction of sp³-hybridized carbons (Fsp3) is 0.647. The zero-order chi connectivity index (χ0) is 12.6. The Labute approximate surface area is 112 Å². The summed E-state index contributed by atoms with van der Waals surface area (Å²) >= 11 is 0. The first kappa shape index (κ1) is 13.6. The molecule has 2 rings (SSSR count). The predicted molar refractivity (Wildman–Crippen MR) is 78.8 cm³/mol. The van der Waals surface area contributed by atoms with Crippen LogP contribution in [0.5, 0.6) is 0 Å². The van der Waals surface area contributed by atoms with Crippen molar-refractivity contribution in [2.45, 2.75) is 45.4 Å². The van der Waals surface area contributed by atoms with E-state index in [4.69, 9.17) is 0 Å². The molecule has 18 heavy (non-hydrogen) atoms. The normalized spacial score (nSPS) is 24.1. The smallest absolute Gasteiger partial charge is 0.00204 e. The summed E-state index contributed by atoms with van der Waals surface area (Å²) < 4.78 is 0. The van der Waals surface area contributed by atoms with Gasteiger partial charge in [0.15, 0.2) is 0 Å². The molecule has 0 saturated heterocycles. The van der Waals surface area contributed by atoms with Gasteiger partial charge in [-0.25, -0.2) is 0 Å². The molecular weight excluding hydrogens is 218 g/mol. The van der Waals surface area contributed by atoms with Gasteiger partial charge in [0, 0.05) is 0 Å². The Morgan fingerprint density at radius 1 is 1.17 bits per heavy atom. The molecule has 1 aliphatic rings. The number of benzene rings is 1. The van der Waals surface area contributed by atoms with Gasteiger partial charge in [-0.15, -0.1) is 0 Å². The molecule has 0 bridgehead atoms. The van der Waals surface area contributed by atoms with E-state index in [1.165, 1.54) is 57.2 Å². The summed E-state index contributed by atoms with van der Waals surface area (Å²) in [5.41, 5.74) is 1.46. The Morgan fingerprint density at radius 3 is 2.78 bits per heavy atom. The fourth-order valence-electron chi connectivity index (χ4n) is 3.11. The topological polar surface area (TPSA) is 12.0 Å². The average molecular weight is 245 g/mol. The molecule has 1 heteroatoms. The maximum absolute atomic E-state index is 3.65. The van der Waals surface area contributed by atoms with Crippen LogP contribution >= 0.6 is 0 Å². The second kappa shape index (κ2) is 7.58. The summed E-state index contributed by atoms with van der Waals surface area (Å²) in [5, 5.41) is 3.65. The highest BCUT2D eigenvalue weighted by Gasteiger charge is 2.17. The van der Waals surface area contributed by atoms with Crippen LogP contribution in [-0.4, -0.2) is 13.1 Å². The summed E-state index contributed by atoms with van der Waals surface area (Å²) in [6.07, 6.45) is 8.23. The van der Waals surface area contributed by atoms with Gasteiger partial charge in [0.05, 0.1) is 0 Å². The maximum atomic E-state index is 3.65. The largest absolute Gasteiger partial charge is 0.316 e. The first-order valence-electron chi connectivity index (χ1n) is 7.59. The van der Waals surface area contributed by atoms with Gasteiger partial charge in [0.1, 0.15) is 0 Å². The van der Waals surface area contributed by atoms with Gasteiger partial charge < -0.3 is 5.32 Å². The Balaban J connectivity index is 1.53. The van der Waals surface area contributed by atoms with E-state index in [1.54, 1.807) is 0 Å². The molecule has 2 unspecified atom stereocenters. The van der Waals surface area contributed by atoms with E-state index < -0.39 is 0 Å². The minimum Gasteiger partial charge on any atom is -0.316 e. The number of nitrogens with one attached hydrogen (secondary N) is 1. The summed E-state index contributed by atoms with van der Waals surface area (Å²) in [6.45, 7) is 4.81. The van der Waals surface area contributed by atoms with Crippen molar-refractivity contribution in [2.24, 2.45) is 11.8 Å². The Kier molecular flexibility index (Phi) is 5.73. The lowest BCUT2D eigenvalue weighted by atomic mass is 9.82. The molecule has 1 fully saturated rings. The first-order valence-corrected chi connectivity index (χ1v) is 7.59. The SMILES string of the molecule is CC1CCCC(CNCCCc2ccccc2)C1. The molecule has 1 nitrogen and oxygen atoms in total. The van der Waals surface area contributed by atoms with Gasteiger partial charge in [-0.2, -0.15) is 0 Å². The maximum Gasteiger partial charge on any atom is -0.00204 e. The zero-order valence-corrected chi connectivity index (χ0v) is 11.7. The van der Waals surface area contributed by atoms with Gasteiger partial charge in [0.2, 0.25) is 0 Å². The lowest BCUT2D eigenvalue weighted by Gasteiger charge is -2.26. The van der Waals surface area contributed by atoms with Crippen molar-refractivity contribution in [3.05, 3.63) is 35.9 Å². The lowest BCUT2D eigenvalue weighted by molar-refractivity contribution is 0.274. The van der Waals surface area contributed by atoms with Crippen LogP contribution in [0.2, 0.25) is 0 Å². The molecule has 1 aliphatic carbocycles. The van der Waals surface area contributed by atoms with E-state index in [0.29, 0.717) is 0 Å². The second-order valence-corrected chi connectivity index (χ2v) is 5.93. The van der Waals surface area contributed by atoms with Crippen LogP contribution in [0.15, 0.2) is 30.3 Å². The van der Waals surface area contributed by atoms with Crippen molar-refractivity contribution < 1.29 is 0 Å². The Bertz CT molecular complexity index is 320. The van der Waals surface area contributed by atoms with E-state index >= 15 is 0 Å². The molecule has 0 heterocycles. The molecule has 1 aromatic carbocycles. The first-order chi connectivity index (χ1) is 8.84.